The molecule has 0 spiro atoms. The number of carbonyl (C=O) groups excluding carboxylic acids is 1. The Kier molecular flexibility index (Phi) is 5.36. The van der Waals surface area contributed by atoms with Crippen LogP contribution in [-0.2, 0) is 11.0 Å². The molecule has 0 bridgehead atoms. The van der Waals surface area contributed by atoms with Crippen molar-refractivity contribution >= 4 is 28.2 Å². The minimum atomic E-state index is -4.37. The number of anilines is 2. The average Bonchev–Trinajstić information content (AvgIpc) is 3.21. The van der Waals surface area contributed by atoms with Gasteiger partial charge >= 0.3 is 6.18 Å². The van der Waals surface area contributed by atoms with E-state index in [4.69, 9.17) is 0 Å². The second kappa shape index (κ2) is 7.97. The number of amides is 1. The molecule has 0 saturated carbocycles. The molecule has 158 valence electrons. The van der Waals surface area contributed by atoms with Crippen LogP contribution in [0.3, 0.4) is 0 Å². The van der Waals surface area contributed by atoms with E-state index in [0.717, 1.165) is 23.0 Å². The lowest BCUT2D eigenvalue weighted by Crippen LogP contribution is -2.40. The van der Waals surface area contributed by atoms with Gasteiger partial charge in [-0.15, -0.1) is 0 Å². The molecule has 1 unspecified atom stereocenters. The van der Waals surface area contributed by atoms with E-state index < -0.39 is 29.7 Å². The van der Waals surface area contributed by atoms with Crippen LogP contribution in [0.1, 0.15) is 18.4 Å². The minimum Gasteiger partial charge on any atom is -0.372 e. The summed E-state index contributed by atoms with van der Waals surface area (Å²) in [4.78, 5) is 14.3. The van der Waals surface area contributed by atoms with Crippen LogP contribution in [0.5, 0.6) is 0 Å². The molecule has 1 aromatic heterocycles. The fourth-order valence-corrected chi connectivity index (χ4v) is 3.76. The highest BCUT2D eigenvalue weighted by Gasteiger charge is 2.33. The number of hydrogen-bond acceptors (Lipinski definition) is 3. The molecule has 1 amide bonds. The number of fused-ring (bicyclic) bond motifs is 1. The van der Waals surface area contributed by atoms with E-state index >= 15 is 0 Å². The zero-order valence-corrected chi connectivity index (χ0v) is 15.9. The third kappa shape index (κ3) is 4.24. The van der Waals surface area contributed by atoms with Crippen molar-refractivity contribution in [3.05, 3.63) is 54.2 Å². The molecular weight excluding hydrogens is 400 g/mol. The van der Waals surface area contributed by atoms with Crippen LogP contribution in [0.2, 0.25) is 0 Å². The van der Waals surface area contributed by atoms with Gasteiger partial charge in [0.2, 0.25) is 0 Å². The number of hydrogen-bond donors (Lipinski definition) is 2. The molecule has 2 aromatic carbocycles. The number of H-pyrrole nitrogens is 1. The Bertz CT molecular complexity index is 1020. The summed E-state index contributed by atoms with van der Waals surface area (Å²) in [6.07, 6.45) is -3.52. The number of rotatable bonds is 4. The second-order valence-electron chi connectivity index (χ2n) is 7.43. The molecule has 2 heterocycles. The van der Waals surface area contributed by atoms with Crippen LogP contribution in [0.25, 0.3) is 10.9 Å². The Morgan fingerprint density at radius 2 is 1.83 bits per heavy atom. The monoisotopic (exact) mass is 420 g/mol. The Hall–Kier alpha value is -3.10. The number of benzene rings is 2. The molecule has 5 nitrogen and oxygen atoms in total. The summed E-state index contributed by atoms with van der Waals surface area (Å²) in [5.41, 5.74) is 1.28. The fourth-order valence-electron chi connectivity index (χ4n) is 3.76. The van der Waals surface area contributed by atoms with Gasteiger partial charge in [0.15, 0.2) is 6.17 Å². The minimum absolute atomic E-state index is 0.437. The Morgan fingerprint density at radius 3 is 2.50 bits per heavy atom. The van der Waals surface area contributed by atoms with E-state index in [0.29, 0.717) is 37.3 Å². The Labute approximate surface area is 170 Å². The van der Waals surface area contributed by atoms with E-state index in [-0.39, 0.29) is 0 Å². The van der Waals surface area contributed by atoms with Gasteiger partial charge in [0.05, 0.1) is 17.3 Å². The number of aromatic amines is 1. The van der Waals surface area contributed by atoms with E-state index in [9.17, 15) is 22.4 Å². The van der Waals surface area contributed by atoms with Crippen LogP contribution in [-0.4, -0.2) is 35.4 Å². The smallest absolute Gasteiger partial charge is 0.372 e. The summed E-state index contributed by atoms with van der Waals surface area (Å²) < 4.78 is 52.9. The number of carbonyl (C=O) groups is 1. The van der Waals surface area contributed by atoms with Crippen molar-refractivity contribution in [2.45, 2.75) is 25.2 Å². The van der Waals surface area contributed by atoms with Gasteiger partial charge in [0.1, 0.15) is 0 Å². The van der Waals surface area contributed by atoms with Gasteiger partial charge in [-0.05, 0) is 55.3 Å². The molecule has 1 atom stereocenters. The Morgan fingerprint density at radius 1 is 1.13 bits per heavy atom. The average molecular weight is 420 g/mol. The zero-order valence-electron chi connectivity index (χ0n) is 15.9. The molecule has 1 saturated heterocycles. The highest BCUT2D eigenvalue weighted by Crippen LogP contribution is 2.32. The summed E-state index contributed by atoms with van der Waals surface area (Å²) in [7, 11) is 0. The lowest BCUT2D eigenvalue weighted by Gasteiger charge is -2.34. The van der Waals surface area contributed by atoms with Crippen molar-refractivity contribution in [3.8, 4) is 0 Å². The molecule has 3 aromatic rings. The SMILES string of the molecule is O=C(Nc1ccc2[nH]ncc2c1)C(F)C1CCN(c2ccc(C(F)(F)F)cc2)CC1. The van der Waals surface area contributed by atoms with E-state index in [1.165, 1.54) is 12.1 Å². The number of nitrogens with one attached hydrogen (secondary N) is 2. The lowest BCUT2D eigenvalue weighted by atomic mass is 9.91. The first kappa shape index (κ1) is 20.2. The molecule has 9 heteroatoms. The molecule has 30 heavy (non-hydrogen) atoms. The first-order chi connectivity index (χ1) is 14.3. The first-order valence-corrected chi connectivity index (χ1v) is 9.61. The summed E-state index contributed by atoms with van der Waals surface area (Å²) in [5.74, 6) is -1.13. The predicted molar refractivity (Wildman–Crippen MR) is 106 cm³/mol. The Balaban J connectivity index is 1.33. The van der Waals surface area contributed by atoms with E-state index in [2.05, 4.69) is 15.5 Å². The van der Waals surface area contributed by atoms with Gasteiger partial charge in [-0.1, -0.05) is 0 Å². The second-order valence-corrected chi connectivity index (χ2v) is 7.43. The number of aromatic nitrogens is 2. The van der Waals surface area contributed by atoms with Crippen LogP contribution >= 0.6 is 0 Å². The predicted octanol–water partition coefficient (Wildman–Crippen LogP) is 4.77. The van der Waals surface area contributed by atoms with Crippen molar-refractivity contribution in [1.82, 2.24) is 10.2 Å². The highest BCUT2D eigenvalue weighted by molar-refractivity contribution is 5.96. The van der Waals surface area contributed by atoms with Gasteiger partial charge in [-0.25, -0.2) is 4.39 Å². The van der Waals surface area contributed by atoms with Gasteiger partial charge < -0.3 is 10.2 Å². The van der Waals surface area contributed by atoms with Crippen LogP contribution in [0, 0.1) is 5.92 Å². The summed E-state index contributed by atoms with van der Waals surface area (Å²) in [5, 5.41) is 10.1. The number of piperidine rings is 1. The van der Waals surface area contributed by atoms with Gasteiger partial charge in [0.25, 0.3) is 5.91 Å². The molecule has 0 radical (unpaired) electrons. The van der Waals surface area contributed by atoms with Crippen molar-refractivity contribution in [1.29, 1.82) is 0 Å². The van der Waals surface area contributed by atoms with Crippen molar-refractivity contribution in [2.75, 3.05) is 23.3 Å². The number of alkyl halides is 4. The van der Waals surface area contributed by atoms with Crippen molar-refractivity contribution < 1.29 is 22.4 Å². The number of nitrogens with zero attached hydrogens (tertiary/aromatic N) is 2. The van der Waals surface area contributed by atoms with E-state index in [1.54, 1.807) is 24.4 Å². The molecular formula is C21H20F4N4O. The number of halogens is 4. The highest BCUT2D eigenvalue weighted by atomic mass is 19.4. The summed E-state index contributed by atoms with van der Waals surface area (Å²) in [6.45, 7) is 0.954. The maximum absolute atomic E-state index is 14.8. The summed E-state index contributed by atoms with van der Waals surface area (Å²) in [6, 6.07) is 10.1. The zero-order chi connectivity index (χ0) is 21.3. The van der Waals surface area contributed by atoms with Crippen molar-refractivity contribution in [2.24, 2.45) is 5.92 Å². The lowest BCUT2D eigenvalue weighted by molar-refractivity contribution is -0.137. The first-order valence-electron chi connectivity index (χ1n) is 9.61. The maximum atomic E-state index is 14.8. The molecule has 0 aliphatic carbocycles. The largest absolute Gasteiger partial charge is 0.416 e. The quantitative estimate of drug-likeness (QED) is 0.598. The van der Waals surface area contributed by atoms with Crippen LogP contribution in [0.4, 0.5) is 28.9 Å². The molecule has 1 fully saturated rings. The van der Waals surface area contributed by atoms with E-state index in [1.807, 2.05) is 4.90 Å². The van der Waals surface area contributed by atoms with Gasteiger partial charge in [0, 0.05) is 35.8 Å². The maximum Gasteiger partial charge on any atom is 0.416 e. The molecule has 2 N–H and O–H groups in total. The van der Waals surface area contributed by atoms with Gasteiger partial charge in [-0.3, -0.25) is 9.89 Å². The van der Waals surface area contributed by atoms with Crippen LogP contribution in [0.15, 0.2) is 48.7 Å². The van der Waals surface area contributed by atoms with Gasteiger partial charge in [-0.2, -0.15) is 18.3 Å². The molecule has 1 aliphatic rings. The normalized spacial score (nSPS) is 16.6. The van der Waals surface area contributed by atoms with Crippen LogP contribution < -0.4 is 10.2 Å². The fraction of sp³-hybridized carbons (Fsp3) is 0.333. The standard InChI is InChI=1S/C21H20F4N4O/c22-19(20(30)27-16-3-6-18-14(11-16)12-26-28-18)13-7-9-29(10-8-13)17-4-1-15(2-5-17)21(23,24)25/h1-6,11-13,19H,7-10H2,(H,26,28)(H,27,30). The van der Waals surface area contributed by atoms with Crippen molar-refractivity contribution in [3.63, 3.8) is 0 Å². The third-order valence-electron chi connectivity index (χ3n) is 5.47. The summed E-state index contributed by atoms with van der Waals surface area (Å²) >= 11 is 0. The molecule has 1 aliphatic heterocycles. The molecule has 4 rings (SSSR count). The topological polar surface area (TPSA) is 61.0 Å². The third-order valence-corrected chi connectivity index (χ3v) is 5.47.